The van der Waals surface area contributed by atoms with Crippen molar-refractivity contribution in [2.45, 2.75) is 19.4 Å². The van der Waals surface area contributed by atoms with E-state index in [9.17, 15) is 9.59 Å². The highest BCUT2D eigenvalue weighted by molar-refractivity contribution is 5.81. The third-order valence-corrected chi connectivity index (χ3v) is 5.53. The molecule has 1 heterocycles. The van der Waals surface area contributed by atoms with Crippen LogP contribution in [-0.2, 0) is 9.59 Å². The second-order valence-corrected chi connectivity index (χ2v) is 7.47. The SMILES string of the molecule is CC(C(=O)NCCC(=O)N1CCN(c2ccccc2)CC1)C(N)c1ccccc1. The fourth-order valence-electron chi connectivity index (χ4n) is 3.59. The second-order valence-electron chi connectivity index (χ2n) is 7.47. The number of nitrogens with zero attached hydrogens (tertiary/aromatic N) is 2. The molecule has 0 radical (unpaired) electrons. The molecule has 6 heteroatoms. The highest BCUT2D eigenvalue weighted by atomic mass is 16.2. The van der Waals surface area contributed by atoms with Crippen molar-refractivity contribution < 1.29 is 9.59 Å². The maximum absolute atomic E-state index is 12.5. The smallest absolute Gasteiger partial charge is 0.224 e. The molecule has 3 rings (SSSR count). The van der Waals surface area contributed by atoms with Gasteiger partial charge in [0.05, 0.1) is 5.92 Å². The molecule has 0 aromatic heterocycles. The van der Waals surface area contributed by atoms with Crippen molar-refractivity contribution in [3.63, 3.8) is 0 Å². The number of rotatable bonds is 7. The molecule has 2 unspecified atom stereocenters. The molecule has 29 heavy (non-hydrogen) atoms. The number of piperazine rings is 1. The maximum Gasteiger partial charge on any atom is 0.224 e. The Morgan fingerprint density at radius 1 is 0.966 bits per heavy atom. The average molecular weight is 395 g/mol. The normalized spacial score (nSPS) is 16.2. The van der Waals surface area contributed by atoms with Crippen molar-refractivity contribution in [2.75, 3.05) is 37.6 Å². The van der Waals surface area contributed by atoms with Crippen molar-refractivity contribution in [3.8, 4) is 0 Å². The number of para-hydroxylation sites is 1. The minimum Gasteiger partial charge on any atom is -0.368 e. The van der Waals surface area contributed by atoms with Crippen molar-refractivity contribution in [1.29, 1.82) is 0 Å². The number of carbonyl (C=O) groups is 2. The summed E-state index contributed by atoms with van der Waals surface area (Å²) in [7, 11) is 0. The van der Waals surface area contributed by atoms with Crippen LogP contribution in [0.2, 0.25) is 0 Å². The van der Waals surface area contributed by atoms with Gasteiger partial charge in [-0.1, -0.05) is 55.5 Å². The molecule has 0 bridgehead atoms. The Balaban J connectivity index is 1.39. The summed E-state index contributed by atoms with van der Waals surface area (Å²) in [5.74, 6) is -0.400. The summed E-state index contributed by atoms with van der Waals surface area (Å²) in [6, 6.07) is 19.5. The van der Waals surface area contributed by atoms with Crippen LogP contribution >= 0.6 is 0 Å². The van der Waals surface area contributed by atoms with Gasteiger partial charge < -0.3 is 20.9 Å². The third-order valence-electron chi connectivity index (χ3n) is 5.53. The van der Waals surface area contributed by atoms with E-state index in [1.165, 1.54) is 5.69 Å². The number of benzene rings is 2. The molecule has 0 saturated carbocycles. The van der Waals surface area contributed by atoms with Gasteiger partial charge in [0, 0.05) is 50.9 Å². The number of hydrogen-bond acceptors (Lipinski definition) is 4. The van der Waals surface area contributed by atoms with E-state index in [0.29, 0.717) is 26.1 Å². The zero-order valence-electron chi connectivity index (χ0n) is 17.0. The lowest BCUT2D eigenvalue weighted by molar-refractivity contribution is -0.131. The van der Waals surface area contributed by atoms with Crippen LogP contribution in [0, 0.1) is 5.92 Å². The first-order valence-electron chi connectivity index (χ1n) is 10.2. The topological polar surface area (TPSA) is 78.7 Å². The third kappa shape index (κ3) is 5.57. The molecule has 1 aliphatic heterocycles. The minimum absolute atomic E-state index is 0.0815. The van der Waals surface area contributed by atoms with E-state index in [-0.39, 0.29) is 23.8 Å². The van der Waals surface area contributed by atoms with E-state index in [1.54, 1.807) is 0 Å². The lowest BCUT2D eigenvalue weighted by Crippen LogP contribution is -2.49. The Morgan fingerprint density at radius 3 is 2.17 bits per heavy atom. The maximum atomic E-state index is 12.5. The molecule has 154 valence electrons. The van der Waals surface area contributed by atoms with E-state index in [4.69, 9.17) is 5.73 Å². The van der Waals surface area contributed by atoms with Gasteiger partial charge in [0.15, 0.2) is 0 Å². The molecule has 2 atom stereocenters. The van der Waals surface area contributed by atoms with Gasteiger partial charge in [-0.15, -0.1) is 0 Å². The number of anilines is 1. The van der Waals surface area contributed by atoms with Crippen LogP contribution in [0.3, 0.4) is 0 Å². The van der Waals surface area contributed by atoms with Gasteiger partial charge in [-0.2, -0.15) is 0 Å². The number of nitrogens with two attached hydrogens (primary N) is 1. The molecule has 2 aromatic rings. The van der Waals surface area contributed by atoms with Gasteiger partial charge >= 0.3 is 0 Å². The number of amides is 2. The Kier molecular flexibility index (Phi) is 7.25. The molecule has 6 nitrogen and oxygen atoms in total. The van der Waals surface area contributed by atoms with Crippen molar-refractivity contribution in [3.05, 3.63) is 66.2 Å². The largest absolute Gasteiger partial charge is 0.368 e. The molecule has 1 aliphatic rings. The molecule has 1 saturated heterocycles. The minimum atomic E-state index is -0.363. The van der Waals surface area contributed by atoms with Gasteiger partial charge in [0.25, 0.3) is 0 Å². The van der Waals surface area contributed by atoms with E-state index in [2.05, 4.69) is 22.3 Å². The van der Waals surface area contributed by atoms with Crippen LogP contribution in [0.5, 0.6) is 0 Å². The van der Waals surface area contributed by atoms with Crippen molar-refractivity contribution in [2.24, 2.45) is 11.7 Å². The van der Waals surface area contributed by atoms with E-state index < -0.39 is 0 Å². The predicted octanol–water partition coefficient (Wildman–Crippen LogP) is 2.18. The number of carbonyl (C=O) groups excluding carboxylic acids is 2. The molecule has 2 amide bonds. The van der Waals surface area contributed by atoms with Crippen molar-refractivity contribution in [1.82, 2.24) is 10.2 Å². The Morgan fingerprint density at radius 2 is 1.55 bits per heavy atom. The molecule has 0 spiro atoms. The Hall–Kier alpha value is -2.86. The second kappa shape index (κ2) is 10.1. The Bertz CT molecular complexity index is 789. The Labute approximate surface area is 172 Å². The molecular formula is C23H30N4O2. The average Bonchev–Trinajstić information content (AvgIpc) is 2.79. The van der Waals surface area contributed by atoms with Gasteiger partial charge in [-0.25, -0.2) is 0 Å². The first kappa shape index (κ1) is 20.9. The highest BCUT2D eigenvalue weighted by Crippen LogP contribution is 2.19. The molecule has 1 fully saturated rings. The predicted molar refractivity (Wildman–Crippen MR) is 115 cm³/mol. The summed E-state index contributed by atoms with van der Waals surface area (Å²) in [6.07, 6.45) is 0.310. The monoisotopic (exact) mass is 394 g/mol. The number of hydrogen-bond donors (Lipinski definition) is 2. The van der Waals surface area contributed by atoms with E-state index in [1.807, 2.05) is 60.4 Å². The lowest BCUT2D eigenvalue weighted by atomic mass is 9.95. The lowest BCUT2D eigenvalue weighted by Gasteiger charge is -2.36. The van der Waals surface area contributed by atoms with Gasteiger partial charge in [0.1, 0.15) is 0 Å². The summed E-state index contributed by atoms with van der Waals surface area (Å²) in [4.78, 5) is 29.0. The molecule has 2 aromatic carbocycles. The summed E-state index contributed by atoms with van der Waals surface area (Å²) in [5.41, 5.74) is 8.33. The fourth-order valence-corrected chi connectivity index (χ4v) is 3.59. The summed E-state index contributed by atoms with van der Waals surface area (Å²) < 4.78 is 0. The first-order chi connectivity index (χ1) is 14.1. The summed E-state index contributed by atoms with van der Waals surface area (Å²) in [5, 5.41) is 2.86. The van der Waals surface area contributed by atoms with Crippen LogP contribution < -0.4 is 16.0 Å². The van der Waals surface area contributed by atoms with Crippen LogP contribution in [0.1, 0.15) is 24.9 Å². The van der Waals surface area contributed by atoms with Crippen molar-refractivity contribution >= 4 is 17.5 Å². The quantitative estimate of drug-likeness (QED) is 0.754. The number of nitrogens with one attached hydrogen (secondary N) is 1. The van der Waals surface area contributed by atoms with E-state index in [0.717, 1.165) is 18.7 Å². The molecular weight excluding hydrogens is 364 g/mol. The first-order valence-corrected chi connectivity index (χ1v) is 10.2. The summed E-state index contributed by atoms with van der Waals surface area (Å²) in [6.45, 7) is 5.21. The molecule has 3 N–H and O–H groups in total. The molecule has 0 aliphatic carbocycles. The highest BCUT2D eigenvalue weighted by Gasteiger charge is 2.23. The van der Waals surface area contributed by atoms with Crippen LogP contribution in [0.15, 0.2) is 60.7 Å². The van der Waals surface area contributed by atoms with Crippen LogP contribution in [0.4, 0.5) is 5.69 Å². The van der Waals surface area contributed by atoms with Gasteiger partial charge in [-0.05, 0) is 17.7 Å². The zero-order chi connectivity index (χ0) is 20.6. The van der Waals surface area contributed by atoms with E-state index >= 15 is 0 Å². The zero-order valence-corrected chi connectivity index (χ0v) is 17.0. The summed E-state index contributed by atoms with van der Waals surface area (Å²) >= 11 is 0. The van der Waals surface area contributed by atoms with Crippen LogP contribution in [0.25, 0.3) is 0 Å². The fraction of sp³-hybridized carbons (Fsp3) is 0.391. The van der Waals surface area contributed by atoms with Gasteiger partial charge in [0.2, 0.25) is 11.8 Å². The van der Waals surface area contributed by atoms with Crippen LogP contribution in [-0.4, -0.2) is 49.4 Å². The van der Waals surface area contributed by atoms with Gasteiger partial charge in [-0.3, -0.25) is 9.59 Å². The standard InChI is InChI=1S/C23H30N4O2/c1-18(22(24)19-8-4-2-5-9-19)23(29)25-13-12-21(28)27-16-14-26(15-17-27)20-10-6-3-7-11-20/h2-11,18,22H,12-17,24H2,1H3,(H,25,29).